The third-order valence-corrected chi connectivity index (χ3v) is 6.53. The summed E-state index contributed by atoms with van der Waals surface area (Å²) in [5.41, 5.74) is 1.09. The fraction of sp³-hybridized carbons (Fsp3) is 0.600. The minimum absolute atomic E-state index is 0.250. The summed E-state index contributed by atoms with van der Waals surface area (Å²) < 4.78 is 27.2. The lowest BCUT2D eigenvalue weighted by Crippen LogP contribution is -2.39. The Hall–Kier alpha value is -0.870. The van der Waals surface area contributed by atoms with Crippen molar-refractivity contribution < 1.29 is 8.42 Å². The van der Waals surface area contributed by atoms with E-state index in [0.29, 0.717) is 17.4 Å². The first-order chi connectivity index (χ1) is 9.09. The van der Waals surface area contributed by atoms with Crippen molar-refractivity contribution in [3.8, 4) is 0 Å². The maximum Gasteiger partial charge on any atom is 0.243 e. The van der Waals surface area contributed by atoms with Crippen molar-refractivity contribution in [3.63, 3.8) is 0 Å². The van der Waals surface area contributed by atoms with Crippen LogP contribution in [0.1, 0.15) is 37.7 Å². The van der Waals surface area contributed by atoms with Crippen LogP contribution in [0.25, 0.3) is 0 Å². The molecule has 4 heteroatoms. The van der Waals surface area contributed by atoms with Crippen molar-refractivity contribution in [3.05, 3.63) is 29.8 Å². The monoisotopic (exact) mass is 279 g/mol. The second-order valence-corrected chi connectivity index (χ2v) is 7.72. The lowest BCUT2D eigenvalue weighted by Gasteiger charge is -2.31. The van der Waals surface area contributed by atoms with Gasteiger partial charge in [0.05, 0.1) is 4.90 Å². The summed E-state index contributed by atoms with van der Waals surface area (Å²) in [7, 11) is -3.29. The Labute approximate surface area is 115 Å². The molecule has 2 fully saturated rings. The zero-order chi connectivity index (χ0) is 13.5. The van der Waals surface area contributed by atoms with Crippen LogP contribution in [0.15, 0.2) is 29.2 Å². The quantitative estimate of drug-likeness (QED) is 0.834. The van der Waals surface area contributed by atoms with Crippen molar-refractivity contribution in [2.45, 2.75) is 50.0 Å². The molecule has 0 N–H and O–H groups in total. The molecule has 1 aromatic rings. The highest BCUT2D eigenvalue weighted by Gasteiger charge is 2.42. The number of hydrogen-bond acceptors (Lipinski definition) is 2. The van der Waals surface area contributed by atoms with E-state index in [0.717, 1.165) is 18.4 Å². The second kappa shape index (κ2) is 4.91. The molecule has 3 nitrogen and oxygen atoms in total. The molecule has 0 aromatic heterocycles. The van der Waals surface area contributed by atoms with E-state index in [1.54, 1.807) is 16.4 Å². The van der Waals surface area contributed by atoms with Gasteiger partial charge in [-0.3, -0.25) is 0 Å². The first kappa shape index (κ1) is 13.1. The Morgan fingerprint density at radius 3 is 2.47 bits per heavy atom. The summed E-state index contributed by atoms with van der Waals surface area (Å²) in [5, 5.41) is 0. The van der Waals surface area contributed by atoms with Crippen LogP contribution in [0, 0.1) is 12.8 Å². The average molecular weight is 279 g/mol. The predicted molar refractivity (Wildman–Crippen MR) is 75.4 cm³/mol. The Balaban J connectivity index is 1.90. The molecule has 0 unspecified atom stereocenters. The van der Waals surface area contributed by atoms with Gasteiger partial charge in [0.1, 0.15) is 0 Å². The van der Waals surface area contributed by atoms with Gasteiger partial charge in [0.2, 0.25) is 10.0 Å². The maximum absolute atomic E-state index is 12.7. The molecule has 1 saturated heterocycles. The third kappa shape index (κ3) is 2.32. The third-order valence-electron chi connectivity index (χ3n) is 4.59. The molecule has 1 aliphatic carbocycles. The molecule has 0 bridgehead atoms. The van der Waals surface area contributed by atoms with Crippen LogP contribution in [-0.2, 0) is 10.0 Å². The van der Waals surface area contributed by atoms with Crippen molar-refractivity contribution >= 4 is 10.0 Å². The van der Waals surface area contributed by atoms with E-state index in [4.69, 9.17) is 0 Å². The van der Waals surface area contributed by atoms with Crippen LogP contribution in [0.4, 0.5) is 0 Å². The van der Waals surface area contributed by atoms with Gasteiger partial charge in [-0.25, -0.2) is 8.42 Å². The topological polar surface area (TPSA) is 37.4 Å². The number of fused-ring (bicyclic) bond motifs is 1. The van der Waals surface area contributed by atoms with Gasteiger partial charge in [0.25, 0.3) is 0 Å². The summed E-state index contributed by atoms with van der Waals surface area (Å²) in [6.45, 7) is 2.68. The number of hydrogen-bond donors (Lipinski definition) is 0. The summed E-state index contributed by atoms with van der Waals surface area (Å²) in [6, 6.07) is 7.48. The number of nitrogens with zero attached hydrogens (tertiary/aromatic N) is 1. The van der Waals surface area contributed by atoms with E-state index in [1.807, 2.05) is 19.1 Å². The number of benzene rings is 1. The smallest absolute Gasteiger partial charge is 0.207 e. The van der Waals surface area contributed by atoms with E-state index >= 15 is 0 Å². The van der Waals surface area contributed by atoms with Gasteiger partial charge in [-0.15, -0.1) is 0 Å². The van der Waals surface area contributed by atoms with Gasteiger partial charge in [-0.05, 0) is 44.2 Å². The van der Waals surface area contributed by atoms with Gasteiger partial charge in [-0.2, -0.15) is 4.31 Å². The van der Waals surface area contributed by atoms with E-state index in [2.05, 4.69) is 0 Å². The number of aryl methyl sites for hydroxylation is 1. The fourth-order valence-corrected chi connectivity index (χ4v) is 5.24. The Bertz CT molecular complexity index is 550. The molecule has 1 saturated carbocycles. The number of rotatable bonds is 2. The van der Waals surface area contributed by atoms with Crippen LogP contribution in [0.3, 0.4) is 0 Å². The van der Waals surface area contributed by atoms with E-state index < -0.39 is 10.0 Å². The van der Waals surface area contributed by atoms with Gasteiger partial charge >= 0.3 is 0 Å². The van der Waals surface area contributed by atoms with Gasteiger partial charge < -0.3 is 0 Å². The minimum Gasteiger partial charge on any atom is -0.207 e. The largest absolute Gasteiger partial charge is 0.243 e. The Kier molecular flexibility index (Phi) is 3.39. The summed E-state index contributed by atoms with van der Waals surface area (Å²) in [5.74, 6) is 0.592. The standard InChI is InChI=1S/C15H21NO2S/c1-12-6-8-14(9-7-12)19(17,18)16-11-10-13-4-2-3-5-15(13)16/h6-9,13,15H,2-5,10-11H2,1H3/t13-,15-/m1/s1. The van der Waals surface area contributed by atoms with Gasteiger partial charge in [0.15, 0.2) is 0 Å². The average Bonchev–Trinajstić information content (AvgIpc) is 2.83. The Morgan fingerprint density at radius 2 is 1.74 bits per heavy atom. The molecule has 0 amide bonds. The molecule has 19 heavy (non-hydrogen) atoms. The molecular weight excluding hydrogens is 258 g/mol. The molecule has 1 aliphatic heterocycles. The van der Waals surface area contributed by atoms with Crippen LogP contribution < -0.4 is 0 Å². The molecule has 0 radical (unpaired) electrons. The van der Waals surface area contributed by atoms with Gasteiger partial charge in [0, 0.05) is 12.6 Å². The predicted octanol–water partition coefficient (Wildman–Crippen LogP) is 2.95. The zero-order valence-electron chi connectivity index (χ0n) is 11.4. The first-order valence-corrected chi connectivity index (χ1v) is 8.61. The number of sulfonamides is 1. The normalized spacial score (nSPS) is 28.3. The van der Waals surface area contributed by atoms with Crippen LogP contribution in [-0.4, -0.2) is 25.3 Å². The molecule has 1 heterocycles. The Morgan fingerprint density at radius 1 is 1.05 bits per heavy atom. The highest BCUT2D eigenvalue weighted by Crippen LogP contribution is 2.39. The first-order valence-electron chi connectivity index (χ1n) is 7.17. The lowest BCUT2D eigenvalue weighted by atomic mass is 9.86. The molecule has 0 spiro atoms. The molecule has 3 rings (SSSR count). The van der Waals surface area contributed by atoms with E-state index in [1.165, 1.54) is 19.3 Å². The zero-order valence-corrected chi connectivity index (χ0v) is 12.2. The van der Waals surface area contributed by atoms with Crippen LogP contribution >= 0.6 is 0 Å². The fourth-order valence-electron chi connectivity index (χ4n) is 3.51. The molecule has 2 atom stereocenters. The van der Waals surface area contributed by atoms with Crippen molar-refractivity contribution in [2.75, 3.05) is 6.54 Å². The summed E-state index contributed by atoms with van der Waals surface area (Å²) in [6.07, 6.45) is 5.71. The second-order valence-electron chi connectivity index (χ2n) is 5.83. The highest BCUT2D eigenvalue weighted by molar-refractivity contribution is 7.89. The van der Waals surface area contributed by atoms with E-state index in [-0.39, 0.29) is 6.04 Å². The van der Waals surface area contributed by atoms with E-state index in [9.17, 15) is 8.42 Å². The molecule has 1 aromatic carbocycles. The van der Waals surface area contributed by atoms with Crippen molar-refractivity contribution in [1.29, 1.82) is 0 Å². The van der Waals surface area contributed by atoms with Crippen molar-refractivity contribution in [1.82, 2.24) is 4.31 Å². The van der Waals surface area contributed by atoms with Crippen LogP contribution in [0.2, 0.25) is 0 Å². The van der Waals surface area contributed by atoms with Crippen LogP contribution in [0.5, 0.6) is 0 Å². The molecular formula is C15H21NO2S. The summed E-state index contributed by atoms with van der Waals surface area (Å²) >= 11 is 0. The summed E-state index contributed by atoms with van der Waals surface area (Å²) in [4.78, 5) is 0.448. The molecule has 2 aliphatic rings. The van der Waals surface area contributed by atoms with Crippen molar-refractivity contribution in [2.24, 2.45) is 5.92 Å². The highest BCUT2D eigenvalue weighted by atomic mass is 32.2. The minimum atomic E-state index is -3.29. The SMILES string of the molecule is Cc1ccc(S(=O)(=O)N2CC[C@H]3CCCC[C@H]32)cc1. The van der Waals surface area contributed by atoms with Gasteiger partial charge in [-0.1, -0.05) is 30.5 Å². The maximum atomic E-state index is 12.7. The lowest BCUT2D eigenvalue weighted by molar-refractivity contribution is 0.260. The molecule has 104 valence electrons.